The summed E-state index contributed by atoms with van der Waals surface area (Å²) >= 11 is 0. The lowest BCUT2D eigenvalue weighted by atomic mass is 10.1. The van der Waals surface area contributed by atoms with E-state index in [2.05, 4.69) is 4.98 Å². The van der Waals surface area contributed by atoms with Gasteiger partial charge in [-0.15, -0.1) is 0 Å². The van der Waals surface area contributed by atoms with Crippen LogP contribution in [0, 0.1) is 6.92 Å². The van der Waals surface area contributed by atoms with Gasteiger partial charge in [-0.25, -0.2) is 4.79 Å². The number of hydrogen-bond donors (Lipinski definition) is 0. The van der Waals surface area contributed by atoms with Crippen LogP contribution >= 0.6 is 0 Å². The van der Waals surface area contributed by atoms with Crippen molar-refractivity contribution in [3.8, 4) is 0 Å². The third-order valence-electron chi connectivity index (χ3n) is 3.60. The lowest BCUT2D eigenvalue weighted by molar-refractivity contribution is -0.0387. The molecule has 22 heavy (non-hydrogen) atoms. The summed E-state index contributed by atoms with van der Waals surface area (Å²) in [4.78, 5) is 18.3. The Balaban J connectivity index is 1.89. The van der Waals surface area contributed by atoms with Gasteiger partial charge in [-0.1, -0.05) is 6.07 Å². The molecule has 1 fully saturated rings. The highest BCUT2D eigenvalue weighted by molar-refractivity contribution is 5.68. The van der Waals surface area contributed by atoms with Crippen LogP contribution in [0.1, 0.15) is 45.5 Å². The largest absolute Gasteiger partial charge is 0.444 e. The van der Waals surface area contributed by atoms with Crippen LogP contribution in [0.25, 0.3) is 0 Å². The van der Waals surface area contributed by atoms with Gasteiger partial charge in [-0.05, 0) is 53.2 Å². The van der Waals surface area contributed by atoms with Gasteiger partial charge in [-0.2, -0.15) is 0 Å². The van der Waals surface area contributed by atoms with Crippen LogP contribution < -0.4 is 0 Å². The molecular weight excluding hydrogens is 280 g/mol. The summed E-state index contributed by atoms with van der Waals surface area (Å²) < 4.78 is 11.4. The Labute approximate surface area is 132 Å². The highest BCUT2D eigenvalue weighted by atomic mass is 16.6. The fourth-order valence-electron chi connectivity index (χ4n) is 2.46. The Morgan fingerprint density at radius 1 is 1.41 bits per heavy atom. The number of amides is 1. The third kappa shape index (κ3) is 4.70. The Morgan fingerprint density at radius 3 is 2.77 bits per heavy atom. The quantitative estimate of drug-likeness (QED) is 0.859. The van der Waals surface area contributed by atoms with Crippen molar-refractivity contribution >= 4 is 6.09 Å². The third-order valence-corrected chi connectivity index (χ3v) is 3.60. The van der Waals surface area contributed by atoms with E-state index in [1.165, 1.54) is 0 Å². The maximum absolute atomic E-state index is 12.1. The summed E-state index contributed by atoms with van der Waals surface area (Å²) in [6.07, 6.45) is 0.534. The van der Waals surface area contributed by atoms with Crippen molar-refractivity contribution in [2.75, 3.05) is 13.1 Å². The van der Waals surface area contributed by atoms with Crippen LogP contribution in [-0.2, 0) is 16.1 Å². The van der Waals surface area contributed by atoms with Crippen LogP contribution in [0.4, 0.5) is 4.79 Å². The molecule has 5 nitrogen and oxygen atoms in total. The van der Waals surface area contributed by atoms with Crippen LogP contribution in [0.5, 0.6) is 0 Å². The van der Waals surface area contributed by atoms with Crippen molar-refractivity contribution in [3.05, 3.63) is 29.6 Å². The van der Waals surface area contributed by atoms with Crippen molar-refractivity contribution in [1.29, 1.82) is 0 Å². The number of aryl methyl sites for hydroxylation is 1. The average molecular weight is 306 g/mol. The van der Waals surface area contributed by atoms with E-state index in [1.807, 2.05) is 52.8 Å². The number of rotatable bonds is 3. The lowest BCUT2D eigenvalue weighted by Crippen LogP contribution is -2.39. The zero-order valence-electron chi connectivity index (χ0n) is 14.2. The summed E-state index contributed by atoms with van der Waals surface area (Å²) in [5, 5.41) is 0. The van der Waals surface area contributed by atoms with Crippen LogP contribution in [0.2, 0.25) is 0 Å². The Kier molecular flexibility index (Phi) is 4.75. The SMILES string of the molecule is Cc1cccc(COC2(C)CCN(C(=O)OC(C)(C)C)C2)n1. The Hall–Kier alpha value is -1.62. The highest BCUT2D eigenvalue weighted by Gasteiger charge is 2.38. The molecule has 0 N–H and O–H groups in total. The lowest BCUT2D eigenvalue weighted by Gasteiger charge is -2.27. The van der Waals surface area contributed by atoms with Gasteiger partial charge in [0.2, 0.25) is 0 Å². The molecule has 1 aliphatic rings. The van der Waals surface area contributed by atoms with Gasteiger partial charge in [0.1, 0.15) is 5.60 Å². The molecule has 2 heterocycles. The number of carbonyl (C=O) groups excluding carboxylic acids is 1. The maximum atomic E-state index is 12.1. The predicted molar refractivity (Wildman–Crippen MR) is 84.6 cm³/mol. The molecule has 5 heteroatoms. The molecule has 1 aromatic rings. The molecule has 0 saturated carbocycles. The van der Waals surface area contributed by atoms with Crippen LogP contribution in [-0.4, -0.2) is 40.3 Å². The van der Waals surface area contributed by atoms with E-state index in [4.69, 9.17) is 9.47 Å². The molecule has 0 spiro atoms. The van der Waals surface area contributed by atoms with E-state index in [0.717, 1.165) is 17.8 Å². The van der Waals surface area contributed by atoms with Crippen molar-refractivity contribution < 1.29 is 14.3 Å². The van der Waals surface area contributed by atoms with Gasteiger partial charge < -0.3 is 14.4 Å². The minimum atomic E-state index is -0.470. The van der Waals surface area contributed by atoms with Gasteiger partial charge in [0.15, 0.2) is 0 Å². The Bertz CT molecular complexity index is 539. The smallest absolute Gasteiger partial charge is 0.410 e. The van der Waals surface area contributed by atoms with Crippen LogP contribution in [0.3, 0.4) is 0 Å². The number of aromatic nitrogens is 1. The number of hydrogen-bond acceptors (Lipinski definition) is 4. The molecule has 1 unspecified atom stereocenters. The second kappa shape index (κ2) is 6.24. The van der Waals surface area contributed by atoms with Gasteiger partial charge in [0, 0.05) is 12.2 Å². The topological polar surface area (TPSA) is 51.7 Å². The standard InChI is InChI=1S/C17H26N2O3/c1-13-7-6-8-14(18-13)11-21-17(5)9-10-19(12-17)15(20)22-16(2,3)4/h6-8H,9-12H2,1-5H3. The molecule has 1 aliphatic heterocycles. The summed E-state index contributed by atoms with van der Waals surface area (Å²) in [5.74, 6) is 0. The number of carbonyl (C=O) groups is 1. The van der Waals surface area contributed by atoms with E-state index in [9.17, 15) is 4.79 Å². The first-order chi connectivity index (χ1) is 10.2. The molecule has 0 bridgehead atoms. The zero-order chi connectivity index (χ0) is 16.4. The maximum Gasteiger partial charge on any atom is 0.410 e. The number of nitrogens with zero attached hydrogens (tertiary/aromatic N) is 2. The van der Waals surface area contributed by atoms with Crippen molar-refractivity contribution in [2.45, 2.75) is 58.8 Å². The first kappa shape index (κ1) is 16.7. The van der Waals surface area contributed by atoms with Crippen molar-refractivity contribution in [2.24, 2.45) is 0 Å². The van der Waals surface area contributed by atoms with Gasteiger partial charge in [0.05, 0.1) is 24.4 Å². The monoisotopic (exact) mass is 306 g/mol. The highest BCUT2D eigenvalue weighted by Crippen LogP contribution is 2.27. The molecule has 1 atom stereocenters. The number of ether oxygens (including phenoxy) is 2. The molecule has 0 radical (unpaired) electrons. The van der Waals surface area contributed by atoms with Gasteiger partial charge in [-0.3, -0.25) is 4.98 Å². The number of likely N-dealkylation sites (tertiary alicyclic amines) is 1. The fraction of sp³-hybridized carbons (Fsp3) is 0.647. The molecular formula is C17H26N2O3. The van der Waals surface area contributed by atoms with E-state index in [-0.39, 0.29) is 11.7 Å². The zero-order valence-corrected chi connectivity index (χ0v) is 14.2. The second-order valence-electron chi connectivity index (χ2n) is 7.16. The number of pyridine rings is 1. The van der Waals surface area contributed by atoms with Gasteiger partial charge >= 0.3 is 6.09 Å². The second-order valence-corrected chi connectivity index (χ2v) is 7.16. The Morgan fingerprint density at radius 2 is 2.14 bits per heavy atom. The fourth-order valence-corrected chi connectivity index (χ4v) is 2.46. The minimum Gasteiger partial charge on any atom is -0.444 e. The van der Waals surface area contributed by atoms with E-state index in [1.54, 1.807) is 4.90 Å². The predicted octanol–water partition coefficient (Wildman–Crippen LogP) is 3.31. The van der Waals surface area contributed by atoms with Crippen molar-refractivity contribution in [1.82, 2.24) is 9.88 Å². The first-order valence-corrected chi connectivity index (χ1v) is 7.71. The summed E-state index contributed by atoms with van der Waals surface area (Å²) in [6, 6.07) is 5.90. The molecule has 1 amide bonds. The summed E-state index contributed by atoms with van der Waals surface area (Å²) in [7, 11) is 0. The molecule has 2 rings (SSSR count). The summed E-state index contributed by atoms with van der Waals surface area (Å²) in [6.45, 7) is 11.3. The minimum absolute atomic E-state index is 0.270. The van der Waals surface area contributed by atoms with Crippen molar-refractivity contribution in [3.63, 3.8) is 0 Å². The average Bonchev–Trinajstić information content (AvgIpc) is 2.78. The first-order valence-electron chi connectivity index (χ1n) is 7.71. The molecule has 1 aromatic heterocycles. The molecule has 1 saturated heterocycles. The van der Waals surface area contributed by atoms with E-state index in [0.29, 0.717) is 19.7 Å². The van der Waals surface area contributed by atoms with E-state index >= 15 is 0 Å². The molecule has 0 aliphatic carbocycles. The summed E-state index contributed by atoms with van der Waals surface area (Å²) in [5.41, 5.74) is 1.08. The molecule has 122 valence electrons. The normalized spacial score (nSPS) is 22.0. The van der Waals surface area contributed by atoms with Gasteiger partial charge in [0.25, 0.3) is 0 Å². The van der Waals surface area contributed by atoms with Crippen LogP contribution in [0.15, 0.2) is 18.2 Å². The molecule has 0 aromatic carbocycles. The van der Waals surface area contributed by atoms with E-state index < -0.39 is 5.60 Å².